The number of nitrogens with one attached hydrogen (secondary N) is 3. The van der Waals surface area contributed by atoms with Crippen LogP contribution in [0, 0.1) is 11.6 Å². The molecule has 0 aliphatic rings. The quantitative estimate of drug-likeness (QED) is 0.559. The van der Waals surface area contributed by atoms with Crippen molar-refractivity contribution in [1.29, 1.82) is 0 Å². The fourth-order valence-corrected chi connectivity index (χ4v) is 3.07. The van der Waals surface area contributed by atoms with Crippen molar-refractivity contribution in [3.63, 3.8) is 0 Å². The first-order valence-corrected chi connectivity index (χ1v) is 9.37. The second-order valence-electron chi connectivity index (χ2n) is 6.69. The lowest BCUT2D eigenvalue weighted by Crippen LogP contribution is -2.20. The number of rotatable bonds is 6. The summed E-state index contributed by atoms with van der Waals surface area (Å²) in [6.45, 7) is 1.73. The first kappa shape index (κ1) is 21.0. The van der Waals surface area contributed by atoms with E-state index in [1.54, 1.807) is 51.5 Å². The van der Waals surface area contributed by atoms with Crippen molar-refractivity contribution in [2.24, 2.45) is 7.05 Å². The lowest BCUT2D eigenvalue weighted by atomic mass is 10.0. The van der Waals surface area contributed by atoms with E-state index in [1.165, 1.54) is 10.6 Å². The number of hydrogen-bond donors (Lipinski definition) is 3. The van der Waals surface area contributed by atoms with E-state index in [9.17, 15) is 18.4 Å². The molecule has 0 spiro atoms. The molecule has 3 N–H and O–H groups in total. The van der Waals surface area contributed by atoms with Crippen LogP contribution in [0.4, 0.5) is 31.5 Å². The summed E-state index contributed by atoms with van der Waals surface area (Å²) in [5.41, 5.74) is 2.40. The molecule has 8 heteroatoms. The summed E-state index contributed by atoms with van der Waals surface area (Å²) >= 11 is 0. The van der Waals surface area contributed by atoms with E-state index < -0.39 is 11.6 Å². The van der Waals surface area contributed by atoms with Crippen LogP contribution in [0.3, 0.4) is 0 Å². The SMILES string of the molecule is CCC(=O)Nc1cccc(Nc2ccc(F)cc2F)c1-c1cc(NC)c(=O)n(C)c1. The maximum absolute atomic E-state index is 14.2. The van der Waals surface area contributed by atoms with Gasteiger partial charge < -0.3 is 20.5 Å². The summed E-state index contributed by atoms with van der Waals surface area (Å²) in [4.78, 5) is 24.3. The summed E-state index contributed by atoms with van der Waals surface area (Å²) < 4.78 is 29.0. The smallest absolute Gasteiger partial charge is 0.273 e. The molecule has 1 aromatic heterocycles. The van der Waals surface area contributed by atoms with Crippen molar-refractivity contribution in [1.82, 2.24) is 4.57 Å². The minimum absolute atomic E-state index is 0.0790. The summed E-state index contributed by atoms with van der Waals surface area (Å²) in [7, 11) is 3.25. The van der Waals surface area contributed by atoms with E-state index in [0.717, 1.165) is 12.1 Å². The van der Waals surface area contributed by atoms with Gasteiger partial charge in [-0.2, -0.15) is 0 Å². The number of amides is 1. The van der Waals surface area contributed by atoms with E-state index in [4.69, 9.17) is 0 Å². The third kappa shape index (κ3) is 4.32. The van der Waals surface area contributed by atoms with Gasteiger partial charge in [0.2, 0.25) is 5.91 Å². The second kappa shape index (κ2) is 8.77. The van der Waals surface area contributed by atoms with Gasteiger partial charge in [0.1, 0.15) is 17.3 Å². The Labute approximate surface area is 172 Å². The highest BCUT2D eigenvalue weighted by atomic mass is 19.1. The first-order chi connectivity index (χ1) is 14.3. The monoisotopic (exact) mass is 412 g/mol. The lowest BCUT2D eigenvalue weighted by Gasteiger charge is -2.19. The van der Waals surface area contributed by atoms with Crippen molar-refractivity contribution in [3.8, 4) is 11.1 Å². The molecule has 0 saturated heterocycles. The Morgan fingerprint density at radius 2 is 1.77 bits per heavy atom. The van der Waals surface area contributed by atoms with Gasteiger partial charge >= 0.3 is 0 Å². The number of aryl methyl sites for hydroxylation is 1. The first-order valence-electron chi connectivity index (χ1n) is 9.37. The molecule has 1 heterocycles. The zero-order valence-corrected chi connectivity index (χ0v) is 16.8. The number of nitrogens with zero attached hydrogens (tertiary/aromatic N) is 1. The van der Waals surface area contributed by atoms with Crippen molar-refractivity contribution < 1.29 is 13.6 Å². The van der Waals surface area contributed by atoms with Crippen molar-refractivity contribution in [2.45, 2.75) is 13.3 Å². The molecule has 0 radical (unpaired) electrons. The Kier molecular flexibility index (Phi) is 6.15. The minimum atomic E-state index is -0.750. The number of halogens is 2. The molecule has 0 bridgehead atoms. The molecular formula is C22H22F2N4O2. The average molecular weight is 412 g/mol. The Bertz CT molecular complexity index is 1160. The number of hydrogen-bond acceptors (Lipinski definition) is 4. The predicted octanol–water partition coefficient (Wildman–Crippen LogP) is 4.46. The van der Waals surface area contributed by atoms with Crippen molar-refractivity contribution >= 4 is 28.7 Å². The number of carbonyl (C=O) groups excluding carboxylic acids is 1. The van der Waals surface area contributed by atoms with E-state index in [0.29, 0.717) is 28.2 Å². The largest absolute Gasteiger partial charge is 0.384 e. The van der Waals surface area contributed by atoms with E-state index in [1.807, 2.05) is 0 Å². The van der Waals surface area contributed by atoms with E-state index in [2.05, 4.69) is 16.0 Å². The normalized spacial score (nSPS) is 10.6. The molecule has 0 unspecified atom stereocenters. The molecule has 3 aromatic rings. The van der Waals surface area contributed by atoms with E-state index in [-0.39, 0.29) is 23.6 Å². The fourth-order valence-electron chi connectivity index (χ4n) is 3.07. The van der Waals surface area contributed by atoms with E-state index >= 15 is 0 Å². The van der Waals surface area contributed by atoms with Crippen LogP contribution >= 0.6 is 0 Å². The van der Waals surface area contributed by atoms with Crippen LogP contribution in [0.25, 0.3) is 11.1 Å². The lowest BCUT2D eigenvalue weighted by molar-refractivity contribution is -0.115. The number of aromatic nitrogens is 1. The minimum Gasteiger partial charge on any atom is -0.384 e. The van der Waals surface area contributed by atoms with Gasteiger partial charge in [-0.15, -0.1) is 0 Å². The van der Waals surface area contributed by atoms with Gasteiger partial charge in [-0.3, -0.25) is 9.59 Å². The highest BCUT2D eigenvalue weighted by Gasteiger charge is 2.16. The Hall–Kier alpha value is -3.68. The fraction of sp³-hybridized carbons (Fsp3) is 0.182. The summed E-state index contributed by atoms with van der Waals surface area (Å²) in [5.74, 6) is -1.63. The van der Waals surface area contributed by atoms with Crippen LogP contribution in [0.5, 0.6) is 0 Å². The van der Waals surface area contributed by atoms with Gasteiger partial charge in [-0.05, 0) is 30.3 Å². The predicted molar refractivity (Wildman–Crippen MR) is 115 cm³/mol. The molecule has 0 aliphatic carbocycles. The highest BCUT2D eigenvalue weighted by Crippen LogP contribution is 2.37. The van der Waals surface area contributed by atoms with Gasteiger partial charge in [0, 0.05) is 49.6 Å². The Morgan fingerprint density at radius 1 is 1.03 bits per heavy atom. The van der Waals surface area contributed by atoms with Crippen LogP contribution in [0.15, 0.2) is 53.5 Å². The molecule has 3 rings (SSSR count). The maximum Gasteiger partial charge on any atom is 0.273 e. The summed E-state index contributed by atoms with van der Waals surface area (Å²) in [6, 6.07) is 10.0. The Balaban J connectivity index is 2.21. The molecular weight excluding hydrogens is 390 g/mol. The number of anilines is 4. The molecule has 2 aromatic carbocycles. The molecule has 1 amide bonds. The highest BCUT2D eigenvalue weighted by molar-refractivity contribution is 5.99. The third-order valence-corrected chi connectivity index (χ3v) is 4.60. The maximum atomic E-state index is 14.2. The van der Waals surface area contributed by atoms with Crippen LogP contribution in [-0.4, -0.2) is 17.5 Å². The number of carbonyl (C=O) groups is 1. The zero-order valence-electron chi connectivity index (χ0n) is 16.8. The summed E-state index contributed by atoms with van der Waals surface area (Å²) in [5, 5.41) is 8.67. The van der Waals surface area contributed by atoms with Crippen molar-refractivity contribution in [3.05, 3.63) is 70.6 Å². The van der Waals surface area contributed by atoms with Crippen LogP contribution in [-0.2, 0) is 11.8 Å². The average Bonchev–Trinajstić information content (AvgIpc) is 2.72. The number of pyridine rings is 1. The van der Waals surface area contributed by atoms with Gasteiger partial charge in [0.05, 0.1) is 11.4 Å². The molecule has 0 saturated carbocycles. The van der Waals surface area contributed by atoms with Crippen LogP contribution in [0.1, 0.15) is 13.3 Å². The zero-order chi connectivity index (χ0) is 21.8. The molecule has 156 valence electrons. The van der Waals surface area contributed by atoms with Crippen LogP contribution < -0.4 is 21.5 Å². The van der Waals surface area contributed by atoms with Crippen LogP contribution in [0.2, 0.25) is 0 Å². The summed E-state index contributed by atoms with van der Waals surface area (Å²) in [6.07, 6.45) is 1.91. The Morgan fingerprint density at radius 3 is 2.43 bits per heavy atom. The van der Waals surface area contributed by atoms with Gasteiger partial charge in [0.25, 0.3) is 5.56 Å². The van der Waals surface area contributed by atoms with Gasteiger partial charge in [-0.1, -0.05) is 13.0 Å². The molecule has 0 atom stereocenters. The third-order valence-electron chi connectivity index (χ3n) is 4.60. The van der Waals surface area contributed by atoms with Gasteiger partial charge in [0.15, 0.2) is 0 Å². The molecule has 0 fully saturated rings. The topological polar surface area (TPSA) is 75.2 Å². The molecule has 6 nitrogen and oxygen atoms in total. The number of benzene rings is 2. The standard InChI is InChI=1S/C22H22F2N4O2/c1-4-20(29)27-18-7-5-6-17(26-16-9-8-14(23)11-15(16)24)21(18)13-10-19(25-2)22(30)28(3)12-13/h5-12,25-26H,4H2,1-3H3,(H,27,29). The second-order valence-corrected chi connectivity index (χ2v) is 6.69. The molecule has 30 heavy (non-hydrogen) atoms. The molecule has 0 aliphatic heterocycles. The van der Waals surface area contributed by atoms with Gasteiger partial charge in [-0.25, -0.2) is 8.78 Å². The van der Waals surface area contributed by atoms with Crippen molar-refractivity contribution in [2.75, 3.05) is 23.0 Å².